The standard InChI is InChI=1S/C19H21N3O5.C14H18N2O2/c1-10-13(4-5-15(21-10)22-8-11-6-12(11)9-22)16(19(24)26-3)17-20-7-14(27-17)18(23)25-2;1-9-10(6-14(17)18-2)3-4-13(15-9)16-7-11-5-12(11)8-16/h4-5,7,11-12,16H,6,8-9H2,1-3H3;3-4,11-12H,5-8H2,1-2H3. The molecular formula is C33H39N5O7. The second-order valence-corrected chi connectivity index (χ2v) is 12.3. The maximum absolute atomic E-state index is 12.4. The highest BCUT2D eigenvalue weighted by Crippen LogP contribution is 2.47. The largest absolute Gasteiger partial charge is 0.469 e. The number of aromatic nitrogens is 3. The molecule has 238 valence electrons. The highest BCUT2D eigenvalue weighted by molar-refractivity contribution is 5.86. The van der Waals surface area contributed by atoms with Crippen molar-refractivity contribution in [1.82, 2.24) is 15.0 Å². The van der Waals surface area contributed by atoms with Crippen molar-refractivity contribution in [2.75, 3.05) is 57.3 Å². The van der Waals surface area contributed by atoms with Gasteiger partial charge in [0.1, 0.15) is 11.6 Å². The number of oxazole rings is 1. The lowest BCUT2D eigenvalue weighted by molar-refractivity contribution is -0.142. The molecule has 12 heteroatoms. The smallest absolute Gasteiger partial charge is 0.375 e. The van der Waals surface area contributed by atoms with Crippen molar-refractivity contribution in [2.45, 2.75) is 39.0 Å². The predicted octanol–water partition coefficient (Wildman–Crippen LogP) is 3.49. The van der Waals surface area contributed by atoms with Crippen LogP contribution in [0, 0.1) is 37.5 Å². The maximum atomic E-state index is 12.4. The highest BCUT2D eigenvalue weighted by Gasteiger charge is 2.46. The Kier molecular flexibility index (Phi) is 8.48. The minimum absolute atomic E-state index is 0.0695. The molecule has 0 N–H and O–H groups in total. The van der Waals surface area contributed by atoms with Crippen LogP contribution in [0.4, 0.5) is 11.6 Å². The summed E-state index contributed by atoms with van der Waals surface area (Å²) in [5.41, 5.74) is 3.21. The molecule has 0 bridgehead atoms. The van der Waals surface area contributed by atoms with Crippen molar-refractivity contribution in [3.05, 3.63) is 64.6 Å². The molecule has 5 atom stereocenters. The average molecular weight is 618 g/mol. The number of nitrogens with zero attached hydrogens (tertiary/aromatic N) is 5. The van der Waals surface area contributed by atoms with Crippen molar-refractivity contribution in [2.24, 2.45) is 23.7 Å². The van der Waals surface area contributed by atoms with Gasteiger partial charge in [-0.2, -0.15) is 0 Å². The number of methoxy groups -OCH3 is 3. The minimum Gasteiger partial charge on any atom is -0.469 e. The molecule has 5 heterocycles. The van der Waals surface area contributed by atoms with E-state index in [0.717, 1.165) is 72.7 Å². The lowest BCUT2D eigenvalue weighted by Crippen LogP contribution is -2.24. The molecule has 2 aliphatic heterocycles. The number of carbonyl (C=O) groups is 3. The zero-order chi connectivity index (χ0) is 31.8. The molecule has 0 aromatic carbocycles. The molecule has 5 unspecified atom stereocenters. The van der Waals surface area contributed by atoms with Gasteiger partial charge in [-0.3, -0.25) is 9.59 Å². The lowest BCUT2D eigenvalue weighted by Gasteiger charge is -2.21. The Labute approximate surface area is 262 Å². The first-order chi connectivity index (χ1) is 21.7. The van der Waals surface area contributed by atoms with Gasteiger partial charge in [0.15, 0.2) is 5.92 Å². The van der Waals surface area contributed by atoms with E-state index in [-0.39, 0.29) is 17.6 Å². The SMILES string of the molecule is COC(=O)Cc1ccc(N2CC3CC3C2)nc1C.COC(=O)c1cnc(C(C(=O)OC)c2ccc(N3CC4CC4C3)nc2C)o1. The summed E-state index contributed by atoms with van der Waals surface area (Å²) >= 11 is 0. The molecule has 45 heavy (non-hydrogen) atoms. The first kappa shape index (κ1) is 30.5. The van der Waals surface area contributed by atoms with Crippen molar-refractivity contribution in [3.8, 4) is 0 Å². The van der Waals surface area contributed by atoms with Gasteiger partial charge >= 0.3 is 17.9 Å². The Bertz CT molecular complexity index is 1590. The molecule has 0 radical (unpaired) electrons. The van der Waals surface area contributed by atoms with Gasteiger partial charge in [-0.05, 0) is 73.6 Å². The van der Waals surface area contributed by atoms with Crippen molar-refractivity contribution in [3.63, 3.8) is 0 Å². The number of fused-ring (bicyclic) bond motifs is 2. The van der Waals surface area contributed by atoms with Gasteiger partial charge < -0.3 is 28.4 Å². The normalized spacial score (nSPS) is 22.9. The lowest BCUT2D eigenvalue weighted by atomic mass is 9.97. The molecule has 2 saturated carbocycles. The van der Waals surface area contributed by atoms with Crippen LogP contribution in [0.2, 0.25) is 0 Å². The molecule has 2 saturated heterocycles. The van der Waals surface area contributed by atoms with E-state index in [4.69, 9.17) is 9.15 Å². The third-order valence-corrected chi connectivity index (χ3v) is 9.37. The van der Waals surface area contributed by atoms with Crippen molar-refractivity contribution >= 4 is 29.5 Å². The number of aryl methyl sites for hydroxylation is 2. The van der Waals surface area contributed by atoms with Crippen LogP contribution in [-0.2, 0) is 30.2 Å². The maximum Gasteiger partial charge on any atom is 0.375 e. The van der Waals surface area contributed by atoms with E-state index < -0.39 is 17.9 Å². The number of hydrogen-bond acceptors (Lipinski definition) is 12. The number of esters is 3. The van der Waals surface area contributed by atoms with Crippen molar-refractivity contribution < 1.29 is 33.0 Å². The molecular weight excluding hydrogens is 578 g/mol. The van der Waals surface area contributed by atoms with Crippen LogP contribution in [0.25, 0.3) is 0 Å². The summed E-state index contributed by atoms with van der Waals surface area (Å²) in [5, 5.41) is 0. The Hall–Kier alpha value is -4.48. The first-order valence-electron chi connectivity index (χ1n) is 15.3. The number of pyridine rings is 2. The number of piperidine rings is 2. The van der Waals surface area contributed by atoms with Gasteiger partial charge in [0.2, 0.25) is 11.7 Å². The molecule has 3 aromatic heterocycles. The van der Waals surface area contributed by atoms with Gasteiger partial charge in [-0.15, -0.1) is 0 Å². The Morgan fingerprint density at radius 3 is 1.91 bits per heavy atom. The summed E-state index contributed by atoms with van der Waals surface area (Å²) in [6.45, 7) is 8.17. The summed E-state index contributed by atoms with van der Waals surface area (Å²) < 4.78 is 19.7. The highest BCUT2D eigenvalue weighted by atomic mass is 16.5. The minimum atomic E-state index is -0.901. The van der Waals surface area contributed by atoms with Crippen LogP contribution in [0.1, 0.15) is 57.7 Å². The molecule has 0 spiro atoms. The second kappa shape index (κ2) is 12.5. The summed E-state index contributed by atoms with van der Waals surface area (Å²) in [5.74, 6) is 3.08. The van der Waals surface area contributed by atoms with Crippen LogP contribution in [0.3, 0.4) is 0 Å². The third-order valence-electron chi connectivity index (χ3n) is 9.37. The molecule has 3 aromatic rings. The summed E-state index contributed by atoms with van der Waals surface area (Å²) in [4.78, 5) is 53.3. The van der Waals surface area contributed by atoms with Gasteiger partial charge in [-0.25, -0.2) is 19.7 Å². The van der Waals surface area contributed by atoms with E-state index >= 15 is 0 Å². The monoisotopic (exact) mass is 617 g/mol. The second-order valence-electron chi connectivity index (χ2n) is 12.3. The van der Waals surface area contributed by atoms with Crippen LogP contribution < -0.4 is 9.80 Å². The molecule has 12 nitrogen and oxygen atoms in total. The topological polar surface area (TPSA) is 137 Å². The Morgan fingerprint density at radius 1 is 0.822 bits per heavy atom. The fourth-order valence-corrected chi connectivity index (χ4v) is 6.47. The van der Waals surface area contributed by atoms with Gasteiger partial charge in [0, 0.05) is 37.6 Å². The quantitative estimate of drug-likeness (QED) is 0.270. The number of rotatable bonds is 8. The fraction of sp³-hybridized carbons (Fsp3) is 0.515. The van der Waals surface area contributed by atoms with E-state index in [9.17, 15) is 14.4 Å². The Morgan fingerprint density at radius 2 is 1.40 bits per heavy atom. The van der Waals surface area contributed by atoms with Crippen LogP contribution in [-0.4, -0.2) is 80.4 Å². The molecule has 2 aliphatic carbocycles. The van der Waals surface area contributed by atoms with E-state index in [2.05, 4.69) is 34.2 Å². The van der Waals surface area contributed by atoms with Gasteiger partial charge in [0.05, 0.1) is 33.9 Å². The van der Waals surface area contributed by atoms with Crippen LogP contribution >= 0.6 is 0 Å². The van der Waals surface area contributed by atoms with E-state index in [1.807, 2.05) is 38.1 Å². The third kappa shape index (κ3) is 6.50. The molecule has 4 aliphatic rings. The molecule has 0 amide bonds. The van der Waals surface area contributed by atoms with Crippen LogP contribution in [0.15, 0.2) is 34.9 Å². The van der Waals surface area contributed by atoms with Crippen LogP contribution in [0.5, 0.6) is 0 Å². The summed E-state index contributed by atoms with van der Waals surface area (Å²) in [6.07, 6.45) is 4.27. The number of anilines is 2. The van der Waals surface area contributed by atoms with E-state index in [0.29, 0.717) is 17.7 Å². The predicted molar refractivity (Wildman–Crippen MR) is 163 cm³/mol. The molecule has 7 rings (SSSR count). The zero-order valence-electron chi connectivity index (χ0n) is 26.3. The Balaban J connectivity index is 0.000000172. The fourth-order valence-electron chi connectivity index (χ4n) is 6.47. The number of carbonyl (C=O) groups excluding carboxylic acids is 3. The van der Waals surface area contributed by atoms with E-state index in [1.165, 1.54) is 40.4 Å². The number of hydrogen-bond donors (Lipinski definition) is 0. The van der Waals surface area contributed by atoms with E-state index in [1.54, 1.807) is 0 Å². The summed E-state index contributed by atoms with van der Waals surface area (Å²) in [7, 11) is 3.96. The molecule has 4 fully saturated rings. The summed E-state index contributed by atoms with van der Waals surface area (Å²) in [6, 6.07) is 7.78. The van der Waals surface area contributed by atoms with Gasteiger partial charge in [-0.1, -0.05) is 12.1 Å². The number of ether oxygens (including phenoxy) is 3. The zero-order valence-corrected chi connectivity index (χ0v) is 26.3. The first-order valence-corrected chi connectivity index (χ1v) is 15.3. The van der Waals surface area contributed by atoms with Gasteiger partial charge in [0.25, 0.3) is 0 Å². The average Bonchev–Trinajstić information content (AvgIpc) is 3.74. The van der Waals surface area contributed by atoms with Crippen molar-refractivity contribution in [1.29, 1.82) is 0 Å².